The molecule has 0 amide bonds. The van der Waals surface area contributed by atoms with Crippen molar-refractivity contribution in [2.75, 3.05) is 39.4 Å². The molecule has 1 aliphatic heterocycles. The van der Waals surface area contributed by atoms with Crippen molar-refractivity contribution in [1.29, 1.82) is 0 Å². The van der Waals surface area contributed by atoms with E-state index in [0.29, 0.717) is 6.54 Å². The third kappa shape index (κ3) is 6.31. The van der Waals surface area contributed by atoms with Gasteiger partial charge in [0, 0.05) is 39.1 Å². The van der Waals surface area contributed by atoms with Crippen LogP contribution in [-0.4, -0.2) is 60.2 Å². The zero-order valence-corrected chi connectivity index (χ0v) is 18.9. The first-order chi connectivity index (χ1) is 15.8. The SMILES string of the molecule is CCNC(=NCc1ccccc1CN1CCOCC1)NCCCc1nc2ccccc2[nH]1. The van der Waals surface area contributed by atoms with Crippen LogP contribution in [0.15, 0.2) is 53.5 Å². The maximum absolute atomic E-state index is 5.48. The van der Waals surface area contributed by atoms with Crippen LogP contribution >= 0.6 is 0 Å². The molecular weight excluding hydrogens is 400 g/mol. The second kappa shape index (κ2) is 11.6. The van der Waals surface area contributed by atoms with Gasteiger partial charge in [-0.15, -0.1) is 0 Å². The summed E-state index contributed by atoms with van der Waals surface area (Å²) in [5, 5.41) is 6.83. The molecule has 7 heteroatoms. The van der Waals surface area contributed by atoms with Crippen LogP contribution in [0.5, 0.6) is 0 Å². The number of H-pyrrole nitrogens is 1. The summed E-state index contributed by atoms with van der Waals surface area (Å²) >= 11 is 0. The summed E-state index contributed by atoms with van der Waals surface area (Å²) in [6.07, 6.45) is 1.89. The van der Waals surface area contributed by atoms with E-state index in [9.17, 15) is 0 Å². The standard InChI is InChI=1S/C25H34N6O/c1-2-26-25(27-13-7-12-24-29-22-10-5-6-11-23(22)30-24)28-18-20-8-3-4-9-21(20)19-31-14-16-32-17-15-31/h3-6,8-11H,2,7,12-19H2,1H3,(H,29,30)(H2,26,27,28). The van der Waals surface area contributed by atoms with E-state index >= 15 is 0 Å². The monoisotopic (exact) mass is 434 g/mol. The average molecular weight is 435 g/mol. The molecule has 3 aromatic rings. The van der Waals surface area contributed by atoms with Crippen LogP contribution in [0.1, 0.15) is 30.3 Å². The Morgan fingerprint density at radius 2 is 1.84 bits per heavy atom. The van der Waals surface area contributed by atoms with Gasteiger partial charge in [0.1, 0.15) is 5.82 Å². The minimum atomic E-state index is 0.666. The van der Waals surface area contributed by atoms with E-state index in [-0.39, 0.29) is 0 Å². The van der Waals surface area contributed by atoms with Gasteiger partial charge < -0.3 is 20.4 Å². The van der Waals surface area contributed by atoms with E-state index in [1.807, 2.05) is 18.2 Å². The van der Waals surface area contributed by atoms with Crippen molar-refractivity contribution in [2.24, 2.45) is 4.99 Å². The van der Waals surface area contributed by atoms with E-state index in [1.54, 1.807) is 0 Å². The summed E-state index contributed by atoms with van der Waals surface area (Å²) in [5.74, 6) is 1.89. The van der Waals surface area contributed by atoms with Crippen molar-refractivity contribution in [1.82, 2.24) is 25.5 Å². The summed E-state index contributed by atoms with van der Waals surface area (Å²) < 4.78 is 5.48. The number of para-hydroxylation sites is 2. The van der Waals surface area contributed by atoms with Crippen molar-refractivity contribution in [3.05, 3.63) is 65.5 Å². The Kier molecular flexibility index (Phi) is 8.11. The molecule has 170 valence electrons. The van der Waals surface area contributed by atoms with Crippen molar-refractivity contribution < 1.29 is 4.74 Å². The highest BCUT2D eigenvalue weighted by Gasteiger charge is 2.12. The van der Waals surface area contributed by atoms with E-state index in [1.165, 1.54) is 11.1 Å². The number of guanidine groups is 1. The van der Waals surface area contributed by atoms with Crippen LogP contribution in [0.3, 0.4) is 0 Å². The molecule has 4 rings (SSSR count). The van der Waals surface area contributed by atoms with E-state index in [4.69, 9.17) is 9.73 Å². The molecule has 1 aliphatic rings. The minimum absolute atomic E-state index is 0.666. The second-order valence-corrected chi connectivity index (χ2v) is 8.08. The normalized spacial score (nSPS) is 15.2. The maximum Gasteiger partial charge on any atom is 0.191 e. The molecular formula is C25H34N6O. The van der Waals surface area contributed by atoms with Crippen molar-refractivity contribution >= 4 is 17.0 Å². The molecule has 0 aliphatic carbocycles. The molecule has 1 aromatic heterocycles. The van der Waals surface area contributed by atoms with Gasteiger partial charge in [0.15, 0.2) is 5.96 Å². The number of aryl methyl sites for hydroxylation is 1. The number of aliphatic imine (C=N–C) groups is 1. The molecule has 0 spiro atoms. The Bertz CT molecular complexity index is 975. The largest absolute Gasteiger partial charge is 0.379 e. The minimum Gasteiger partial charge on any atom is -0.379 e. The van der Waals surface area contributed by atoms with Gasteiger partial charge in [0.25, 0.3) is 0 Å². The van der Waals surface area contributed by atoms with Crippen molar-refractivity contribution in [2.45, 2.75) is 32.9 Å². The van der Waals surface area contributed by atoms with E-state index in [0.717, 1.165) is 81.6 Å². The van der Waals surface area contributed by atoms with Crippen molar-refractivity contribution in [3.8, 4) is 0 Å². The summed E-state index contributed by atoms with van der Waals surface area (Å²) in [4.78, 5) is 15.4. The number of fused-ring (bicyclic) bond motifs is 1. The van der Waals surface area contributed by atoms with Crippen LogP contribution in [0, 0.1) is 0 Å². The number of imidazole rings is 1. The number of hydrogen-bond donors (Lipinski definition) is 3. The topological polar surface area (TPSA) is 77.6 Å². The molecule has 2 heterocycles. The maximum atomic E-state index is 5.48. The number of nitrogens with zero attached hydrogens (tertiary/aromatic N) is 3. The molecule has 2 aromatic carbocycles. The van der Waals surface area contributed by atoms with Gasteiger partial charge in [-0.1, -0.05) is 36.4 Å². The molecule has 0 radical (unpaired) electrons. The van der Waals surface area contributed by atoms with Crippen LogP contribution in [0.25, 0.3) is 11.0 Å². The van der Waals surface area contributed by atoms with Gasteiger partial charge in [0.05, 0.1) is 30.8 Å². The zero-order valence-electron chi connectivity index (χ0n) is 18.9. The number of benzene rings is 2. The smallest absolute Gasteiger partial charge is 0.191 e. The van der Waals surface area contributed by atoms with Gasteiger partial charge in [-0.05, 0) is 36.6 Å². The zero-order chi connectivity index (χ0) is 22.0. The van der Waals surface area contributed by atoms with Crippen molar-refractivity contribution in [3.63, 3.8) is 0 Å². The lowest BCUT2D eigenvalue weighted by Gasteiger charge is -2.27. The van der Waals surface area contributed by atoms with Gasteiger partial charge in [0.2, 0.25) is 0 Å². The highest BCUT2D eigenvalue weighted by Crippen LogP contribution is 2.14. The van der Waals surface area contributed by atoms with Gasteiger partial charge in [-0.25, -0.2) is 9.98 Å². The second-order valence-electron chi connectivity index (χ2n) is 8.08. The Balaban J connectivity index is 1.30. The Morgan fingerprint density at radius 1 is 1.06 bits per heavy atom. The Hall–Kier alpha value is -2.90. The summed E-state index contributed by atoms with van der Waals surface area (Å²) in [6, 6.07) is 16.8. The number of hydrogen-bond acceptors (Lipinski definition) is 4. The number of aromatic nitrogens is 2. The Labute approximate surface area is 190 Å². The molecule has 32 heavy (non-hydrogen) atoms. The first-order valence-electron chi connectivity index (χ1n) is 11.6. The lowest BCUT2D eigenvalue weighted by atomic mass is 10.1. The first kappa shape index (κ1) is 22.3. The van der Waals surface area contributed by atoms with Gasteiger partial charge >= 0.3 is 0 Å². The van der Waals surface area contributed by atoms with Gasteiger partial charge in [-0.2, -0.15) is 0 Å². The molecule has 0 saturated carbocycles. The average Bonchev–Trinajstić information content (AvgIpc) is 3.24. The molecule has 3 N–H and O–H groups in total. The molecule has 0 bridgehead atoms. The molecule has 1 fully saturated rings. The van der Waals surface area contributed by atoms with Crippen LogP contribution in [0.2, 0.25) is 0 Å². The number of morpholine rings is 1. The summed E-state index contributed by atoms with van der Waals surface area (Å²) in [6.45, 7) is 9.03. The highest BCUT2D eigenvalue weighted by atomic mass is 16.5. The third-order valence-corrected chi connectivity index (χ3v) is 5.69. The summed E-state index contributed by atoms with van der Waals surface area (Å²) in [5.41, 5.74) is 4.75. The molecule has 7 nitrogen and oxygen atoms in total. The number of ether oxygens (including phenoxy) is 1. The predicted octanol–water partition coefficient (Wildman–Crippen LogP) is 3.08. The molecule has 0 unspecified atom stereocenters. The number of rotatable bonds is 9. The van der Waals surface area contributed by atoms with Crippen LogP contribution in [-0.2, 0) is 24.2 Å². The molecule has 1 saturated heterocycles. The first-order valence-corrected chi connectivity index (χ1v) is 11.6. The quantitative estimate of drug-likeness (QED) is 0.274. The third-order valence-electron chi connectivity index (χ3n) is 5.69. The van der Waals surface area contributed by atoms with Crippen LogP contribution < -0.4 is 10.6 Å². The fourth-order valence-electron chi connectivity index (χ4n) is 3.96. The van der Waals surface area contributed by atoms with E-state index < -0.39 is 0 Å². The fraction of sp³-hybridized carbons (Fsp3) is 0.440. The molecule has 0 atom stereocenters. The lowest BCUT2D eigenvalue weighted by molar-refractivity contribution is 0.0341. The summed E-state index contributed by atoms with van der Waals surface area (Å²) in [7, 11) is 0. The number of aromatic amines is 1. The number of nitrogens with one attached hydrogen (secondary N) is 3. The Morgan fingerprint density at radius 3 is 2.66 bits per heavy atom. The van der Waals surface area contributed by atoms with Gasteiger partial charge in [-0.3, -0.25) is 4.90 Å². The van der Waals surface area contributed by atoms with Crippen LogP contribution in [0.4, 0.5) is 0 Å². The fourth-order valence-corrected chi connectivity index (χ4v) is 3.96. The van der Waals surface area contributed by atoms with E-state index in [2.05, 4.69) is 62.8 Å². The highest BCUT2D eigenvalue weighted by molar-refractivity contribution is 5.79. The lowest BCUT2D eigenvalue weighted by Crippen LogP contribution is -2.38. The predicted molar refractivity (Wildman–Crippen MR) is 130 cm³/mol.